The van der Waals surface area contributed by atoms with Gasteiger partial charge in [0.25, 0.3) is 11.8 Å². The summed E-state index contributed by atoms with van der Waals surface area (Å²) in [6.07, 6.45) is 5.78. The molecule has 3 N–H and O–H groups in total. The SMILES string of the molecule is COc1cccc(F)c1-c1ncc2[nH]nc(-c3ccc(N4CCN(C(=O)CCCCCCNc5ccc6c(c5)C(=O)N(C5CCC(=O)NC5=O)C6=O)CC4)cc3)c2n1. The summed E-state index contributed by atoms with van der Waals surface area (Å²) < 4.78 is 20.1. The maximum atomic E-state index is 14.8. The number of fused-ring (bicyclic) bond motifs is 2. The van der Waals surface area contributed by atoms with Gasteiger partial charge in [-0.2, -0.15) is 5.10 Å². The molecule has 1 atom stereocenters. The van der Waals surface area contributed by atoms with Gasteiger partial charge in [0.05, 0.1) is 30.0 Å². The van der Waals surface area contributed by atoms with Crippen molar-refractivity contribution in [3.05, 3.63) is 83.8 Å². The second-order valence-electron chi connectivity index (χ2n) is 14.6. The number of anilines is 2. The first kappa shape index (κ1) is 38.2. The number of nitrogens with zero attached hydrogens (tertiary/aromatic N) is 6. The lowest BCUT2D eigenvalue weighted by atomic mass is 10.0. The summed E-state index contributed by atoms with van der Waals surface area (Å²) in [5.41, 5.74) is 5.11. The van der Waals surface area contributed by atoms with Crippen molar-refractivity contribution in [2.75, 3.05) is 50.1 Å². The number of aromatic amines is 1. The van der Waals surface area contributed by atoms with Crippen LogP contribution in [0.3, 0.4) is 0 Å². The van der Waals surface area contributed by atoms with Crippen LogP contribution in [0.2, 0.25) is 0 Å². The van der Waals surface area contributed by atoms with E-state index in [2.05, 4.69) is 35.7 Å². The van der Waals surface area contributed by atoms with E-state index in [4.69, 9.17) is 4.74 Å². The molecule has 0 saturated carbocycles. The molecule has 1 unspecified atom stereocenters. The van der Waals surface area contributed by atoms with Crippen LogP contribution in [0.4, 0.5) is 15.8 Å². The Morgan fingerprint density at radius 2 is 1.71 bits per heavy atom. The van der Waals surface area contributed by atoms with E-state index in [0.717, 1.165) is 54.9 Å². The lowest BCUT2D eigenvalue weighted by Crippen LogP contribution is -2.54. The number of imide groups is 2. The highest BCUT2D eigenvalue weighted by molar-refractivity contribution is 6.23. The van der Waals surface area contributed by atoms with Crippen molar-refractivity contribution in [2.24, 2.45) is 0 Å². The monoisotopic (exact) mass is 787 g/mol. The second-order valence-corrected chi connectivity index (χ2v) is 14.6. The normalized spacial score (nSPS) is 16.9. The van der Waals surface area contributed by atoms with Gasteiger partial charge in [-0.25, -0.2) is 14.4 Å². The predicted molar refractivity (Wildman–Crippen MR) is 213 cm³/mol. The van der Waals surface area contributed by atoms with Crippen molar-refractivity contribution >= 4 is 51.9 Å². The van der Waals surface area contributed by atoms with Crippen LogP contribution in [0.15, 0.2) is 66.9 Å². The third-order valence-electron chi connectivity index (χ3n) is 10.9. The molecule has 8 rings (SSSR count). The Morgan fingerprint density at radius 1 is 0.931 bits per heavy atom. The van der Waals surface area contributed by atoms with Crippen molar-refractivity contribution in [3.8, 4) is 28.4 Å². The molecule has 2 aromatic heterocycles. The van der Waals surface area contributed by atoms with E-state index in [-0.39, 0.29) is 41.3 Å². The van der Waals surface area contributed by atoms with Crippen molar-refractivity contribution in [3.63, 3.8) is 0 Å². The Kier molecular flexibility index (Phi) is 10.8. The Bertz CT molecular complexity index is 2410. The quantitative estimate of drug-likeness (QED) is 0.109. The van der Waals surface area contributed by atoms with E-state index >= 15 is 0 Å². The number of ether oxygens (including phenoxy) is 1. The smallest absolute Gasteiger partial charge is 0.262 e. The maximum absolute atomic E-state index is 14.8. The second kappa shape index (κ2) is 16.4. The summed E-state index contributed by atoms with van der Waals surface area (Å²) in [6, 6.07) is 16.6. The first-order chi connectivity index (χ1) is 28.2. The zero-order valence-electron chi connectivity index (χ0n) is 31.9. The van der Waals surface area contributed by atoms with E-state index in [1.165, 1.54) is 13.2 Å². The Balaban J connectivity index is 0.761. The number of H-pyrrole nitrogens is 1. The fourth-order valence-electron chi connectivity index (χ4n) is 7.80. The first-order valence-electron chi connectivity index (χ1n) is 19.5. The van der Waals surface area contributed by atoms with Crippen LogP contribution in [-0.4, -0.2) is 105 Å². The lowest BCUT2D eigenvalue weighted by Gasteiger charge is -2.36. The molecule has 2 fully saturated rings. The number of halogens is 1. The first-order valence-corrected chi connectivity index (χ1v) is 19.5. The molecule has 3 aliphatic heterocycles. The molecule has 298 valence electrons. The highest BCUT2D eigenvalue weighted by Gasteiger charge is 2.44. The number of aromatic nitrogens is 4. The molecule has 5 aromatic rings. The maximum Gasteiger partial charge on any atom is 0.262 e. The van der Waals surface area contributed by atoms with Gasteiger partial charge >= 0.3 is 0 Å². The Hall–Kier alpha value is -6.71. The average Bonchev–Trinajstić information content (AvgIpc) is 3.77. The number of rotatable bonds is 13. The Labute approximate surface area is 333 Å². The molecular formula is C42H42FN9O6. The number of hydrogen-bond donors (Lipinski definition) is 3. The van der Waals surface area contributed by atoms with Gasteiger partial charge in [-0.3, -0.25) is 39.3 Å². The number of piperidine rings is 1. The van der Waals surface area contributed by atoms with Crippen LogP contribution >= 0.6 is 0 Å². The van der Waals surface area contributed by atoms with E-state index in [1.54, 1.807) is 36.5 Å². The van der Waals surface area contributed by atoms with Gasteiger partial charge in [0.2, 0.25) is 17.7 Å². The van der Waals surface area contributed by atoms with Gasteiger partial charge in [-0.15, -0.1) is 0 Å². The summed E-state index contributed by atoms with van der Waals surface area (Å²) in [7, 11) is 1.48. The molecule has 2 saturated heterocycles. The van der Waals surface area contributed by atoms with Gasteiger partial charge in [-0.1, -0.05) is 31.0 Å². The van der Waals surface area contributed by atoms with E-state index in [0.29, 0.717) is 54.2 Å². The van der Waals surface area contributed by atoms with Gasteiger partial charge < -0.3 is 19.9 Å². The summed E-state index contributed by atoms with van der Waals surface area (Å²) in [5.74, 6) is -1.86. The fourth-order valence-corrected chi connectivity index (χ4v) is 7.80. The van der Waals surface area contributed by atoms with Gasteiger partial charge in [0, 0.05) is 62.5 Å². The van der Waals surface area contributed by atoms with E-state index in [9.17, 15) is 28.4 Å². The van der Waals surface area contributed by atoms with Gasteiger partial charge in [0.1, 0.15) is 34.3 Å². The largest absolute Gasteiger partial charge is 0.496 e. The van der Waals surface area contributed by atoms with E-state index < -0.39 is 35.5 Å². The van der Waals surface area contributed by atoms with Crippen LogP contribution in [0.1, 0.15) is 65.7 Å². The molecule has 15 nitrogen and oxygen atoms in total. The number of benzene rings is 3. The number of amides is 5. The van der Waals surface area contributed by atoms with Crippen molar-refractivity contribution < 1.29 is 33.1 Å². The van der Waals surface area contributed by atoms with E-state index in [1.807, 2.05) is 29.2 Å². The van der Waals surface area contributed by atoms with Gasteiger partial charge in [0.15, 0.2) is 5.82 Å². The molecule has 0 bridgehead atoms. The van der Waals surface area contributed by atoms with Crippen LogP contribution in [0, 0.1) is 5.82 Å². The minimum absolute atomic E-state index is 0.0739. The predicted octanol–water partition coefficient (Wildman–Crippen LogP) is 4.95. The molecule has 3 aliphatic rings. The van der Waals surface area contributed by atoms with Crippen molar-refractivity contribution in [2.45, 2.75) is 51.0 Å². The number of hydrogen-bond acceptors (Lipinski definition) is 11. The average molecular weight is 788 g/mol. The summed E-state index contributed by atoms with van der Waals surface area (Å²) in [5, 5.41) is 13.0. The summed E-state index contributed by atoms with van der Waals surface area (Å²) in [6.45, 7) is 3.40. The highest BCUT2D eigenvalue weighted by atomic mass is 19.1. The molecule has 5 amide bonds. The number of carbonyl (C=O) groups excluding carboxylic acids is 5. The zero-order valence-corrected chi connectivity index (χ0v) is 31.9. The molecule has 16 heteroatoms. The fraction of sp³-hybridized carbons (Fsp3) is 0.333. The van der Waals surface area contributed by atoms with Gasteiger partial charge in [-0.05, 0) is 61.7 Å². The molecule has 0 spiro atoms. The molecule has 5 heterocycles. The third-order valence-corrected chi connectivity index (χ3v) is 10.9. The molecular weight excluding hydrogens is 746 g/mol. The number of methoxy groups -OCH3 is 1. The topological polar surface area (TPSA) is 183 Å². The summed E-state index contributed by atoms with van der Waals surface area (Å²) in [4.78, 5) is 77.1. The number of nitrogens with one attached hydrogen (secondary N) is 3. The third kappa shape index (κ3) is 7.56. The number of unbranched alkanes of at least 4 members (excludes halogenated alkanes) is 3. The standard InChI is InChI=1S/C42H42FN9O6/c1-58-33-8-6-7-30(43)36(33)39-45-24-31-38(47-39)37(49-48-31)25-10-13-27(14-11-25)50-19-21-51(22-20-50)35(54)9-4-2-3-5-18-44-26-12-15-28-29(23-26)42(57)52(41(28)56)32-16-17-34(53)46-40(32)55/h6-8,10-15,23-24,32,44H,2-5,9,16-22H2,1H3,(H,48,49)(H,46,53,55). The number of piperazine rings is 1. The van der Waals surface area contributed by atoms with Crippen molar-refractivity contribution in [1.82, 2.24) is 35.3 Å². The molecule has 58 heavy (non-hydrogen) atoms. The van der Waals surface area contributed by atoms with Crippen LogP contribution in [-0.2, 0) is 14.4 Å². The van der Waals surface area contributed by atoms with Crippen LogP contribution < -0.4 is 20.3 Å². The minimum Gasteiger partial charge on any atom is -0.496 e. The number of carbonyl (C=O) groups is 5. The zero-order chi connectivity index (χ0) is 40.3. The van der Waals surface area contributed by atoms with Crippen LogP contribution in [0.25, 0.3) is 33.7 Å². The van der Waals surface area contributed by atoms with Crippen molar-refractivity contribution in [1.29, 1.82) is 0 Å². The molecule has 3 aromatic carbocycles. The molecule has 0 aliphatic carbocycles. The molecule has 0 radical (unpaired) electrons. The lowest BCUT2D eigenvalue weighted by molar-refractivity contribution is -0.136. The van der Waals surface area contributed by atoms with Crippen LogP contribution in [0.5, 0.6) is 5.75 Å². The minimum atomic E-state index is -0.993. The Morgan fingerprint density at radius 3 is 2.48 bits per heavy atom. The summed E-state index contributed by atoms with van der Waals surface area (Å²) >= 11 is 0. The highest BCUT2D eigenvalue weighted by Crippen LogP contribution is 2.34.